The second-order valence-electron chi connectivity index (χ2n) is 7.73. The van der Waals surface area contributed by atoms with Gasteiger partial charge in [0, 0.05) is 15.6 Å². The van der Waals surface area contributed by atoms with E-state index >= 15 is 0 Å². The molecule has 1 aliphatic heterocycles. The van der Waals surface area contributed by atoms with Crippen LogP contribution in [0.15, 0.2) is 70.5 Å². The third-order valence-electron chi connectivity index (χ3n) is 5.24. The first kappa shape index (κ1) is 26.1. The van der Waals surface area contributed by atoms with E-state index in [-0.39, 0.29) is 33.4 Å². The summed E-state index contributed by atoms with van der Waals surface area (Å²) in [4.78, 5) is 26.8. The molecule has 3 aromatic carbocycles. The largest absolute Gasteiger partial charge is 0.493 e. The fourth-order valence-corrected chi connectivity index (χ4v) is 5.62. The number of ether oxygens (including phenoxy) is 1. The van der Waals surface area contributed by atoms with E-state index in [9.17, 15) is 18.0 Å². The first-order valence-corrected chi connectivity index (χ1v) is 13.4. The highest BCUT2D eigenvalue weighted by atomic mass is 35.5. The quantitative estimate of drug-likeness (QED) is 0.245. The van der Waals surface area contributed by atoms with Crippen molar-refractivity contribution in [1.82, 2.24) is 4.90 Å². The summed E-state index contributed by atoms with van der Waals surface area (Å²) in [6, 6.07) is 15.7. The maximum Gasteiger partial charge on any atom is 0.339 e. The summed E-state index contributed by atoms with van der Waals surface area (Å²) in [5.74, 6) is -0.508. The number of imide groups is 1. The Morgan fingerprint density at radius 3 is 2.42 bits per heavy atom. The average molecular weight is 564 g/mol. The summed E-state index contributed by atoms with van der Waals surface area (Å²) < 4.78 is 36.7. The molecule has 2 amide bonds. The van der Waals surface area contributed by atoms with Crippen molar-refractivity contribution in [3.05, 3.63) is 92.3 Å². The van der Waals surface area contributed by atoms with E-state index in [0.717, 1.165) is 22.2 Å². The van der Waals surface area contributed by atoms with E-state index in [1.807, 2.05) is 6.92 Å². The Kier molecular flexibility index (Phi) is 7.65. The van der Waals surface area contributed by atoms with Gasteiger partial charge in [-0.1, -0.05) is 59.1 Å². The smallest absolute Gasteiger partial charge is 0.339 e. The number of para-hydroxylation sites is 1. The summed E-state index contributed by atoms with van der Waals surface area (Å²) in [5.41, 5.74) is 1.70. The van der Waals surface area contributed by atoms with Gasteiger partial charge in [0.25, 0.3) is 11.1 Å². The number of carbonyl (C=O) groups is 2. The molecule has 1 heterocycles. The molecular weight excluding hydrogens is 545 g/mol. The van der Waals surface area contributed by atoms with Gasteiger partial charge < -0.3 is 8.92 Å². The number of carbonyl (C=O) groups excluding carboxylic acids is 2. The highest BCUT2D eigenvalue weighted by molar-refractivity contribution is 8.18. The number of nitrogens with zero attached hydrogens (tertiary/aromatic N) is 1. The molecule has 0 spiro atoms. The van der Waals surface area contributed by atoms with Crippen LogP contribution in [0.2, 0.25) is 10.0 Å². The minimum Gasteiger partial charge on any atom is -0.493 e. The first-order valence-electron chi connectivity index (χ1n) is 10.5. The van der Waals surface area contributed by atoms with Crippen LogP contribution in [0.4, 0.5) is 4.79 Å². The second kappa shape index (κ2) is 10.6. The molecule has 0 N–H and O–H groups in total. The van der Waals surface area contributed by atoms with Gasteiger partial charge in [0.2, 0.25) is 0 Å². The van der Waals surface area contributed by atoms with Crippen molar-refractivity contribution in [3.8, 4) is 11.5 Å². The lowest BCUT2D eigenvalue weighted by molar-refractivity contribution is -0.123. The minimum atomic E-state index is -4.21. The fraction of sp³-hybridized carbons (Fsp3) is 0.120. The molecule has 4 rings (SSSR count). The Hall–Kier alpha value is -2.98. The number of amides is 2. The van der Waals surface area contributed by atoms with E-state index in [2.05, 4.69) is 0 Å². The molecule has 0 radical (unpaired) electrons. The van der Waals surface area contributed by atoms with Gasteiger partial charge in [-0.05, 0) is 60.7 Å². The van der Waals surface area contributed by atoms with Gasteiger partial charge in [-0.25, -0.2) is 0 Å². The maximum atomic E-state index is 13.1. The Morgan fingerprint density at radius 1 is 1.03 bits per heavy atom. The molecule has 7 nitrogen and oxygen atoms in total. The zero-order valence-corrected chi connectivity index (χ0v) is 22.2. The number of benzene rings is 3. The van der Waals surface area contributed by atoms with Gasteiger partial charge in [-0.2, -0.15) is 8.42 Å². The lowest BCUT2D eigenvalue weighted by atomic mass is 10.1. The molecule has 0 unspecified atom stereocenters. The van der Waals surface area contributed by atoms with Crippen LogP contribution in [0.5, 0.6) is 11.5 Å². The number of thioether (sulfide) groups is 1. The lowest BCUT2D eigenvalue weighted by Gasteiger charge is -2.14. The highest BCUT2D eigenvalue weighted by Crippen LogP contribution is 2.39. The third kappa shape index (κ3) is 5.54. The van der Waals surface area contributed by atoms with E-state index in [1.165, 1.54) is 37.5 Å². The molecule has 1 fully saturated rings. The van der Waals surface area contributed by atoms with Crippen LogP contribution < -0.4 is 8.92 Å². The standard InChI is InChI=1S/C25H19Cl2NO6S2/c1-15-6-10-19(11-7-15)36(31,32)34-23-16(4-3-5-21(23)33-2)12-22-24(29)28(25(30)35-22)14-17-8-9-18(26)13-20(17)27/h3-13H,14H2,1-2H3/b22-12-. The van der Waals surface area contributed by atoms with Crippen molar-refractivity contribution < 1.29 is 26.9 Å². The van der Waals surface area contributed by atoms with Crippen LogP contribution >= 0.6 is 35.0 Å². The number of hydrogen-bond donors (Lipinski definition) is 0. The SMILES string of the molecule is COc1cccc(/C=C2\SC(=O)N(Cc3ccc(Cl)cc3Cl)C2=O)c1OS(=O)(=O)c1ccc(C)cc1. The van der Waals surface area contributed by atoms with Crippen molar-refractivity contribution in [2.24, 2.45) is 0 Å². The van der Waals surface area contributed by atoms with Gasteiger partial charge >= 0.3 is 10.1 Å². The maximum absolute atomic E-state index is 13.1. The van der Waals surface area contributed by atoms with E-state index in [0.29, 0.717) is 15.6 Å². The van der Waals surface area contributed by atoms with E-state index in [1.54, 1.807) is 36.4 Å². The van der Waals surface area contributed by atoms with Crippen molar-refractivity contribution in [2.75, 3.05) is 7.11 Å². The molecule has 3 aromatic rings. The fourth-order valence-electron chi connectivity index (χ4n) is 3.36. The Balaban J connectivity index is 1.66. The topological polar surface area (TPSA) is 90.0 Å². The predicted molar refractivity (Wildman–Crippen MR) is 140 cm³/mol. The third-order valence-corrected chi connectivity index (χ3v) is 7.97. The minimum absolute atomic E-state index is 0.0369. The van der Waals surface area contributed by atoms with Gasteiger partial charge in [0.1, 0.15) is 4.90 Å². The van der Waals surface area contributed by atoms with Crippen molar-refractivity contribution in [2.45, 2.75) is 18.4 Å². The molecule has 0 aromatic heterocycles. The molecule has 36 heavy (non-hydrogen) atoms. The summed E-state index contributed by atoms with van der Waals surface area (Å²) in [5, 5.41) is 0.272. The van der Waals surface area contributed by atoms with Gasteiger partial charge in [0.15, 0.2) is 11.5 Å². The van der Waals surface area contributed by atoms with Crippen LogP contribution in [0.3, 0.4) is 0 Å². The average Bonchev–Trinajstić information content (AvgIpc) is 3.09. The van der Waals surface area contributed by atoms with Crippen molar-refractivity contribution in [1.29, 1.82) is 0 Å². The summed E-state index contributed by atoms with van der Waals surface area (Å²) in [7, 11) is -2.84. The Morgan fingerprint density at radius 2 is 1.75 bits per heavy atom. The van der Waals surface area contributed by atoms with Crippen molar-refractivity contribution in [3.63, 3.8) is 0 Å². The summed E-state index contributed by atoms with van der Waals surface area (Å²) in [6.45, 7) is 1.80. The molecule has 186 valence electrons. The number of halogens is 2. The second-order valence-corrected chi connectivity index (χ2v) is 11.1. The molecule has 0 saturated carbocycles. The molecular formula is C25H19Cl2NO6S2. The molecule has 0 bridgehead atoms. The van der Waals surface area contributed by atoms with Gasteiger partial charge in [-0.15, -0.1) is 0 Å². The number of methoxy groups -OCH3 is 1. The molecule has 1 saturated heterocycles. The molecule has 0 atom stereocenters. The van der Waals surface area contributed by atoms with E-state index in [4.69, 9.17) is 32.1 Å². The Labute approximate surface area is 222 Å². The number of rotatable bonds is 7. The van der Waals surface area contributed by atoms with E-state index < -0.39 is 21.3 Å². The van der Waals surface area contributed by atoms with Gasteiger partial charge in [0.05, 0.1) is 18.6 Å². The van der Waals surface area contributed by atoms with Crippen LogP contribution in [-0.2, 0) is 21.5 Å². The first-order chi connectivity index (χ1) is 17.1. The number of aryl methyl sites for hydroxylation is 1. The highest BCUT2D eigenvalue weighted by Gasteiger charge is 2.36. The molecule has 11 heteroatoms. The van der Waals surface area contributed by atoms with Crippen LogP contribution in [0.1, 0.15) is 16.7 Å². The summed E-state index contributed by atoms with van der Waals surface area (Å²) in [6.07, 6.45) is 1.40. The Bertz CT molecular complexity index is 1490. The van der Waals surface area contributed by atoms with Crippen molar-refractivity contribution >= 4 is 62.3 Å². The van der Waals surface area contributed by atoms with Crippen LogP contribution in [0.25, 0.3) is 6.08 Å². The summed E-state index contributed by atoms with van der Waals surface area (Å²) >= 11 is 12.9. The van der Waals surface area contributed by atoms with Gasteiger partial charge in [-0.3, -0.25) is 14.5 Å². The van der Waals surface area contributed by atoms with Crippen LogP contribution in [0, 0.1) is 6.92 Å². The zero-order valence-electron chi connectivity index (χ0n) is 19.0. The zero-order chi connectivity index (χ0) is 26.0. The monoisotopic (exact) mass is 563 g/mol. The molecule has 0 aliphatic carbocycles. The normalized spacial score (nSPS) is 15.0. The predicted octanol–water partition coefficient (Wildman–Crippen LogP) is 6.31. The lowest BCUT2D eigenvalue weighted by Crippen LogP contribution is -2.27. The van der Waals surface area contributed by atoms with Crippen LogP contribution in [-0.4, -0.2) is 31.6 Å². The number of hydrogen-bond acceptors (Lipinski definition) is 7. The molecule has 1 aliphatic rings.